The average Bonchev–Trinajstić information content (AvgIpc) is 2.39. The quantitative estimate of drug-likeness (QED) is 0.778. The van der Waals surface area contributed by atoms with Gasteiger partial charge in [0.2, 0.25) is 0 Å². The van der Waals surface area contributed by atoms with Crippen LogP contribution in [0.1, 0.15) is 13.3 Å². The topological polar surface area (TPSA) is 76.4 Å². The van der Waals surface area contributed by atoms with Gasteiger partial charge in [0.1, 0.15) is 4.47 Å². The van der Waals surface area contributed by atoms with Crippen molar-refractivity contribution < 1.29 is 9.84 Å². The van der Waals surface area contributed by atoms with Gasteiger partial charge in [-0.15, -0.1) is 0 Å². The highest BCUT2D eigenvalue weighted by molar-refractivity contribution is 9.10. The molecule has 6 nitrogen and oxygen atoms in total. The van der Waals surface area contributed by atoms with Crippen molar-refractivity contribution in [1.29, 1.82) is 0 Å². The number of rotatable bonds is 7. The van der Waals surface area contributed by atoms with Crippen LogP contribution in [0.25, 0.3) is 0 Å². The fourth-order valence-corrected chi connectivity index (χ4v) is 1.74. The molecule has 0 bridgehead atoms. The summed E-state index contributed by atoms with van der Waals surface area (Å²) in [6, 6.07) is 0. The number of nitrogens with zero attached hydrogens (tertiary/aromatic N) is 2. The molecule has 0 aliphatic carbocycles. The van der Waals surface area contributed by atoms with Crippen LogP contribution in [-0.4, -0.2) is 41.3 Å². The second kappa shape index (κ2) is 7.50. The third-order valence-electron chi connectivity index (χ3n) is 2.49. The molecule has 0 spiro atoms. The van der Waals surface area contributed by atoms with Gasteiger partial charge < -0.3 is 15.2 Å². The lowest BCUT2D eigenvalue weighted by Crippen LogP contribution is -2.27. The van der Waals surface area contributed by atoms with Gasteiger partial charge in [-0.3, -0.25) is 4.79 Å². The highest BCUT2D eigenvalue weighted by atomic mass is 79.9. The number of halogens is 1. The summed E-state index contributed by atoms with van der Waals surface area (Å²) < 4.78 is 6.64. The molecule has 0 fully saturated rings. The standard InChI is InChI=1S/C11H18BrN3O3/c1-3-8(16)6-13-9-7-14-15(4-5-18-2)11(17)10(9)12/h7-8,13,16H,3-6H2,1-2H3. The molecule has 1 aromatic heterocycles. The van der Waals surface area contributed by atoms with Crippen molar-refractivity contribution in [3.8, 4) is 0 Å². The third-order valence-corrected chi connectivity index (χ3v) is 3.26. The van der Waals surface area contributed by atoms with E-state index in [9.17, 15) is 9.90 Å². The van der Waals surface area contributed by atoms with Crippen molar-refractivity contribution in [2.45, 2.75) is 26.0 Å². The molecule has 0 aliphatic rings. The maximum Gasteiger partial charge on any atom is 0.283 e. The average molecular weight is 320 g/mol. The minimum Gasteiger partial charge on any atom is -0.391 e. The fraction of sp³-hybridized carbons (Fsp3) is 0.636. The van der Waals surface area contributed by atoms with Gasteiger partial charge in [-0.1, -0.05) is 6.92 Å². The predicted molar refractivity (Wildman–Crippen MR) is 72.9 cm³/mol. The zero-order chi connectivity index (χ0) is 13.5. The molecule has 1 aromatic rings. The van der Waals surface area contributed by atoms with E-state index in [1.54, 1.807) is 13.3 Å². The van der Waals surface area contributed by atoms with Crippen molar-refractivity contribution >= 4 is 21.6 Å². The lowest BCUT2D eigenvalue weighted by atomic mass is 10.3. The fourth-order valence-electron chi connectivity index (χ4n) is 1.30. The molecule has 1 atom stereocenters. The number of hydrogen-bond acceptors (Lipinski definition) is 5. The van der Waals surface area contributed by atoms with Gasteiger partial charge in [0.25, 0.3) is 5.56 Å². The zero-order valence-corrected chi connectivity index (χ0v) is 12.1. The molecule has 1 rings (SSSR count). The van der Waals surface area contributed by atoms with Gasteiger partial charge in [0.05, 0.1) is 31.1 Å². The largest absolute Gasteiger partial charge is 0.391 e. The second-order valence-corrected chi connectivity index (χ2v) is 4.63. The van der Waals surface area contributed by atoms with Crippen LogP contribution in [0, 0.1) is 0 Å². The number of nitrogens with one attached hydrogen (secondary N) is 1. The molecule has 0 saturated heterocycles. The smallest absolute Gasteiger partial charge is 0.283 e. The number of methoxy groups -OCH3 is 1. The monoisotopic (exact) mass is 319 g/mol. The van der Waals surface area contributed by atoms with E-state index < -0.39 is 6.10 Å². The zero-order valence-electron chi connectivity index (χ0n) is 10.5. The van der Waals surface area contributed by atoms with E-state index in [0.717, 1.165) is 0 Å². The van der Waals surface area contributed by atoms with Gasteiger partial charge in [-0.25, -0.2) is 4.68 Å². The molecule has 0 aliphatic heterocycles. The molecule has 0 aromatic carbocycles. The van der Waals surface area contributed by atoms with Gasteiger partial charge in [0, 0.05) is 13.7 Å². The molecule has 0 saturated carbocycles. The molecule has 7 heteroatoms. The molecular formula is C11H18BrN3O3. The summed E-state index contributed by atoms with van der Waals surface area (Å²) in [6.07, 6.45) is 1.78. The number of ether oxygens (including phenoxy) is 1. The Hall–Kier alpha value is -0.920. The SMILES string of the molecule is CCC(O)CNc1cnn(CCOC)c(=O)c1Br. The lowest BCUT2D eigenvalue weighted by Gasteiger charge is -2.12. The number of aliphatic hydroxyl groups is 1. The number of aromatic nitrogens is 2. The van der Waals surface area contributed by atoms with E-state index in [2.05, 4.69) is 26.3 Å². The van der Waals surface area contributed by atoms with E-state index in [4.69, 9.17) is 4.74 Å². The van der Waals surface area contributed by atoms with Crippen LogP contribution in [0.15, 0.2) is 15.5 Å². The van der Waals surface area contributed by atoms with Crippen LogP contribution in [0.4, 0.5) is 5.69 Å². The number of anilines is 1. The second-order valence-electron chi connectivity index (χ2n) is 3.84. The van der Waals surface area contributed by atoms with Crippen LogP contribution in [0.5, 0.6) is 0 Å². The van der Waals surface area contributed by atoms with E-state index in [0.29, 0.717) is 36.3 Å². The first-order valence-electron chi connectivity index (χ1n) is 5.76. The summed E-state index contributed by atoms with van der Waals surface area (Å²) in [6.45, 7) is 3.12. The molecular weight excluding hydrogens is 302 g/mol. The van der Waals surface area contributed by atoms with E-state index >= 15 is 0 Å². The first kappa shape index (κ1) is 15.1. The van der Waals surface area contributed by atoms with Gasteiger partial charge in [0.15, 0.2) is 0 Å². The Morgan fingerprint density at radius 1 is 1.67 bits per heavy atom. The maximum absolute atomic E-state index is 11.9. The highest BCUT2D eigenvalue weighted by Crippen LogP contribution is 2.16. The highest BCUT2D eigenvalue weighted by Gasteiger charge is 2.09. The lowest BCUT2D eigenvalue weighted by molar-refractivity contribution is 0.181. The Balaban J connectivity index is 2.77. The molecule has 0 radical (unpaired) electrons. The Kier molecular flexibility index (Phi) is 6.31. The molecule has 1 unspecified atom stereocenters. The number of hydrogen-bond donors (Lipinski definition) is 2. The minimum atomic E-state index is -0.437. The normalized spacial score (nSPS) is 12.4. The molecule has 102 valence electrons. The van der Waals surface area contributed by atoms with Crippen LogP contribution >= 0.6 is 15.9 Å². The van der Waals surface area contributed by atoms with Crippen LogP contribution in [0.3, 0.4) is 0 Å². The van der Waals surface area contributed by atoms with E-state index in [1.165, 1.54) is 4.68 Å². The van der Waals surface area contributed by atoms with Gasteiger partial charge in [-0.2, -0.15) is 5.10 Å². The van der Waals surface area contributed by atoms with Crippen LogP contribution in [-0.2, 0) is 11.3 Å². The maximum atomic E-state index is 11.9. The molecule has 0 amide bonds. The molecule has 2 N–H and O–H groups in total. The summed E-state index contributed by atoms with van der Waals surface area (Å²) in [7, 11) is 1.57. The van der Waals surface area contributed by atoms with Crippen LogP contribution < -0.4 is 10.9 Å². The molecule has 18 heavy (non-hydrogen) atoms. The van der Waals surface area contributed by atoms with Crippen molar-refractivity contribution in [1.82, 2.24) is 9.78 Å². The van der Waals surface area contributed by atoms with E-state index in [-0.39, 0.29) is 5.56 Å². The van der Waals surface area contributed by atoms with Crippen molar-refractivity contribution in [2.75, 3.05) is 25.6 Å². The van der Waals surface area contributed by atoms with Crippen molar-refractivity contribution in [3.05, 3.63) is 21.0 Å². The first-order chi connectivity index (χ1) is 8.60. The van der Waals surface area contributed by atoms with Gasteiger partial charge >= 0.3 is 0 Å². The Labute approximate surface area is 114 Å². The van der Waals surface area contributed by atoms with Gasteiger partial charge in [-0.05, 0) is 22.4 Å². The summed E-state index contributed by atoms with van der Waals surface area (Å²) in [5.41, 5.74) is 0.365. The Morgan fingerprint density at radius 2 is 2.39 bits per heavy atom. The first-order valence-corrected chi connectivity index (χ1v) is 6.56. The predicted octanol–water partition coefficient (Wildman–Crippen LogP) is 0.835. The van der Waals surface area contributed by atoms with E-state index in [1.807, 2.05) is 6.92 Å². The minimum absolute atomic E-state index is 0.219. The Bertz CT molecular complexity index is 436. The summed E-state index contributed by atoms with van der Waals surface area (Å²) in [5.74, 6) is 0. The number of aliphatic hydroxyl groups excluding tert-OH is 1. The summed E-state index contributed by atoms with van der Waals surface area (Å²) in [4.78, 5) is 11.9. The summed E-state index contributed by atoms with van der Waals surface area (Å²) in [5, 5.41) is 16.5. The van der Waals surface area contributed by atoms with Crippen molar-refractivity contribution in [3.63, 3.8) is 0 Å². The molecule has 1 heterocycles. The summed E-state index contributed by atoms with van der Waals surface area (Å²) >= 11 is 3.24. The third kappa shape index (κ3) is 4.08. The van der Waals surface area contributed by atoms with Crippen molar-refractivity contribution in [2.24, 2.45) is 0 Å². The Morgan fingerprint density at radius 3 is 3.00 bits per heavy atom. The van der Waals surface area contributed by atoms with Crippen LogP contribution in [0.2, 0.25) is 0 Å².